The lowest BCUT2D eigenvalue weighted by molar-refractivity contribution is -0.264. The van der Waals surface area contributed by atoms with E-state index in [1.165, 1.54) is 0 Å². The van der Waals surface area contributed by atoms with Crippen molar-refractivity contribution in [1.29, 1.82) is 0 Å². The smallest absolute Gasteiger partial charge is 0.345 e. The van der Waals surface area contributed by atoms with Crippen LogP contribution in [0.1, 0.15) is 27.7 Å². The van der Waals surface area contributed by atoms with E-state index in [1.807, 2.05) is 0 Å². The van der Waals surface area contributed by atoms with Gasteiger partial charge in [-0.3, -0.25) is 19.2 Å². The molecular formula is C17H22N6O11. The van der Waals surface area contributed by atoms with E-state index in [0.717, 1.165) is 34.8 Å². The van der Waals surface area contributed by atoms with Crippen LogP contribution in [-0.4, -0.2) is 79.7 Å². The SMILES string of the molecule is COC(=O)[C@]1(N=[N+]=[N-])OC([C@@H](COC(C)=O)OC(C)=O)[C@H](OC(C)=O)C(OC(C)=O)C1N=[N+]=[N-]. The predicted octanol–water partition coefficient (Wildman–Crippen LogP) is 0.602. The Hall–Kier alpha value is -4.07. The fraction of sp³-hybridized carbons (Fsp3) is 0.706. The molecule has 186 valence electrons. The second-order valence-corrected chi connectivity index (χ2v) is 6.71. The van der Waals surface area contributed by atoms with Crippen LogP contribution in [0.2, 0.25) is 0 Å². The molecule has 0 saturated carbocycles. The average molecular weight is 486 g/mol. The van der Waals surface area contributed by atoms with E-state index in [1.54, 1.807) is 0 Å². The highest BCUT2D eigenvalue weighted by Gasteiger charge is 2.64. The molecule has 0 amide bonds. The lowest BCUT2D eigenvalue weighted by atomic mass is 9.86. The van der Waals surface area contributed by atoms with E-state index in [0.29, 0.717) is 0 Å². The molecule has 0 bridgehead atoms. The molecule has 0 radical (unpaired) electrons. The maximum absolute atomic E-state index is 12.7. The van der Waals surface area contributed by atoms with Crippen LogP contribution in [0, 0.1) is 0 Å². The second kappa shape index (κ2) is 12.2. The van der Waals surface area contributed by atoms with Crippen LogP contribution in [0.5, 0.6) is 0 Å². The number of esters is 5. The highest BCUT2D eigenvalue weighted by molar-refractivity contribution is 5.81. The summed E-state index contributed by atoms with van der Waals surface area (Å²) in [4.78, 5) is 64.6. The van der Waals surface area contributed by atoms with Gasteiger partial charge in [0.25, 0.3) is 5.72 Å². The zero-order valence-corrected chi connectivity index (χ0v) is 18.8. The van der Waals surface area contributed by atoms with E-state index in [4.69, 9.17) is 34.7 Å². The molecule has 1 aliphatic heterocycles. The molecule has 3 unspecified atom stereocenters. The van der Waals surface area contributed by atoms with Crippen LogP contribution in [0.15, 0.2) is 10.2 Å². The van der Waals surface area contributed by atoms with E-state index >= 15 is 0 Å². The minimum Gasteiger partial charge on any atom is -0.467 e. The maximum atomic E-state index is 12.7. The Morgan fingerprint density at radius 2 is 1.53 bits per heavy atom. The molecule has 1 saturated heterocycles. The van der Waals surface area contributed by atoms with Gasteiger partial charge >= 0.3 is 29.8 Å². The van der Waals surface area contributed by atoms with Gasteiger partial charge in [-0.2, -0.15) is 0 Å². The molecule has 17 heteroatoms. The van der Waals surface area contributed by atoms with Gasteiger partial charge in [0.15, 0.2) is 18.3 Å². The van der Waals surface area contributed by atoms with Crippen molar-refractivity contribution in [2.24, 2.45) is 10.2 Å². The molecule has 0 aromatic rings. The quantitative estimate of drug-likeness (QED) is 0.144. The van der Waals surface area contributed by atoms with Crippen molar-refractivity contribution in [3.05, 3.63) is 20.9 Å². The summed E-state index contributed by atoms with van der Waals surface area (Å²) in [6.45, 7) is 3.31. The molecular weight excluding hydrogens is 464 g/mol. The Kier molecular flexibility index (Phi) is 10.1. The summed E-state index contributed by atoms with van der Waals surface area (Å²) in [6.07, 6.45) is -6.86. The Morgan fingerprint density at radius 3 is 1.97 bits per heavy atom. The second-order valence-electron chi connectivity index (χ2n) is 6.71. The summed E-state index contributed by atoms with van der Waals surface area (Å²) in [7, 11) is 0.893. The minimum absolute atomic E-state index is 0.677. The summed E-state index contributed by atoms with van der Waals surface area (Å²) in [6, 6.07) is -1.95. The van der Waals surface area contributed by atoms with Crippen molar-refractivity contribution in [2.45, 2.75) is 63.9 Å². The van der Waals surface area contributed by atoms with E-state index in [9.17, 15) is 24.0 Å². The number of ether oxygens (including phenoxy) is 6. The number of methoxy groups -OCH3 is 1. The Morgan fingerprint density at radius 1 is 0.941 bits per heavy atom. The van der Waals surface area contributed by atoms with Crippen molar-refractivity contribution < 1.29 is 52.4 Å². The standard InChI is InChI=1S/C17H22N6O11/c1-7(24)30-6-11(31-8(2)25)12-13(32-9(3)26)14(33-10(4)27)15(20-22-18)17(34-12,21-23-19)16(28)29-5/h11-15H,6H2,1-5H3/t11-,12?,13+,14?,15?,17-/m1/s1. The Labute approximate surface area is 191 Å². The summed E-state index contributed by atoms with van der Waals surface area (Å²) in [5.41, 5.74) is 15.4. The number of hydrogen-bond acceptors (Lipinski definition) is 13. The zero-order valence-electron chi connectivity index (χ0n) is 18.8. The van der Waals surface area contributed by atoms with Gasteiger partial charge in [0.05, 0.1) is 7.11 Å². The van der Waals surface area contributed by atoms with Crippen molar-refractivity contribution >= 4 is 29.8 Å². The first-order valence-corrected chi connectivity index (χ1v) is 9.45. The summed E-state index contributed by atoms with van der Waals surface area (Å²) >= 11 is 0. The number of azide groups is 2. The molecule has 0 spiro atoms. The monoisotopic (exact) mass is 486 g/mol. The van der Waals surface area contributed by atoms with Crippen molar-refractivity contribution in [1.82, 2.24) is 0 Å². The van der Waals surface area contributed by atoms with Crippen LogP contribution in [0.3, 0.4) is 0 Å². The first-order valence-electron chi connectivity index (χ1n) is 9.45. The van der Waals surface area contributed by atoms with Crippen LogP contribution in [-0.2, 0) is 52.4 Å². The van der Waals surface area contributed by atoms with Gasteiger partial charge in [-0.1, -0.05) is 5.11 Å². The highest BCUT2D eigenvalue weighted by Crippen LogP contribution is 2.39. The van der Waals surface area contributed by atoms with E-state index in [2.05, 4.69) is 24.8 Å². The molecule has 1 heterocycles. The largest absolute Gasteiger partial charge is 0.467 e. The molecule has 1 aliphatic rings. The lowest BCUT2D eigenvalue weighted by Gasteiger charge is -2.48. The van der Waals surface area contributed by atoms with Crippen molar-refractivity contribution in [3.63, 3.8) is 0 Å². The molecule has 0 aromatic carbocycles. The maximum Gasteiger partial charge on any atom is 0.345 e. The average Bonchev–Trinajstić information content (AvgIpc) is 2.73. The van der Waals surface area contributed by atoms with Crippen molar-refractivity contribution in [3.8, 4) is 0 Å². The number of nitrogens with zero attached hydrogens (tertiary/aromatic N) is 6. The summed E-state index contributed by atoms with van der Waals surface area (Å²) in [5, 5.41) is 6.68. The third-order valence-corrected chi connectivity index (χ3v) is 4.26. The molecule has 1 rings (SSSR count). The fourth-order valence-corrected chi connectivity index (χ4v) is 3.18. The summed E-state index contributed by atoms with van der Waals surface area (Å²) in [5.74, 6) is -5.02. The van der Waals surface area contributed by atoms with Gasteiger partial charge in [0.1, 0.15) is 18.8 Å². The molecule has 17 nitrogen and oxygen atoms in total. The fourth-order valence-electron chi connectivity index (χ4n) is 3.18. The summed E-state index contributed by atoms with van der Waals surface area (Å²) < 4.78 is 30.7. The lowest BCUT2D eigenvalue weighted by Crippen LogP contribution is -2.70. The molecule has 6 atom stereocenters. The van der Waals surface area contributed by atoms with Crippen LogP contribution < -0.4 is 0 Å². The topological polar surface area (TPSA) is 238 Å². The molecule has 0 aromatic heterocycles. The molecule has 1 fully saturated rings. The van der Waals surface area contributed by atoms with Crippen LogP contribution in [0.4, 0.5) is 0 Å². The Bertz CT molecular complexity index is 929. The van der Waals surface area contributed by atoms with E-state index in [-0.39, 0.29) is 0 Å². The number of hydrogen-bond donors (Lipinski definition) is 0. The van der Waals surface area contributed by atoms with Gasteiger partial charge < -0.3 is 28.4 Å². The first-order chi connectivity index (χ1) is 15.9. The van der Waals surface area contributed by atoms with Gasteiger partial charge in [-0.05, 0) is 16.2 Å². The highest BCUT2D eigenvalue weighted by atomic mass is 16.7. The van der Waals surface area contributed by atoms with Gasteiger partial charge in [-0.15, -0.1) is 0 Å². The Balaban J connectivity index is 3.89. The van der Waals surface area contributed by atoms with Gasteiger partial charge in [0, 0.05) is 37.5 Å². The number of rotatable bonds is 9. The third kappa shape index (κ3) is 6.71. The third-order valence-electron chi connectivity index (χ3n) is 4.26. The van der Waals surface area contributed by atoms with Crippen molar-refractivity contribution in [2.75, 3.05) is 13.7 Å². The van der Waals surface area contributed by atoms with Gasteiger partial charge in [-0.25, -0.2) is 4.79 Å². The normalized spacial score (nSPS) is 26.4. The number of carbonyl (C=O) groups excluding carboxylic acids is 5. The first kappa shape index (κ1) is 28.0. The molecule has 34 heavy (non-hydrogen) atoms. The molecule has 0 aliphatic carbocycles. The molecule has 0 N–H and O–H groups in total. The zero-order chi connectivity index (χ0) is 26.1. The van der Waals surface area contributed by atoms with Gasteiger partial charge in [0.2, 0.25) is 0 Å². The predicted molar refractivity (Wildman–Crippen MR) is 105 cm³/mol. The van der Waals surface area contributed by atoms with E-state index < -0.39 is 72.6 Å². The minimum atomic E-state index is -2.81. The number of carbonyl (C=O) groups is 5. The van der Waals surface area contributed by atoms with Crippen LogP contribution >= 0.6 is 0 Å². The van der Waals surface area contributed by atoms with Crippen LogP contribution in [0.25, 0.3) is 20.9 Å².